The zero-order valence-electron chi connectivity index (χ0n) is 18.4. The Balaban J connectivity index is 1.71. The number of ether oxygens (including phenoxy) is 3. The topological polar surface area (TPSA) is 97.3 Å². The van der Waals surface area contributed by atoms with E-state index in [1.807, 2.05) is 61.2 Å². The second-order valence-corrected chi connectivity index (χ2v) is 8.45. The van der Waals surface area contributed by atoms with E-state index in [1.165, 1.54) is 0 Å². The van der Waals surface area contributed by atoms with Crippen molar-refractivity contribution in [1.82, 2.24) is 10.2 Å². The van der Waals surface area contributed by atoms with Crippen molar-refractivity contribution in [2.75, 3.05) is 27.0 Å². The molecule has 8 nitrogen and oxygen atoms in total. The summed E-state index contributed by atoms with van der Waals surface area (Å²) in [5.41, 5.74) is 1.69. The highest BCUT2D eigenvalue weighted by Crippen LogP contribution is 2.47. The summed E-state index contributed by atoms with van der Waals surface area (Å²) in [6.07, 6.45) is 0. The summed E-state index contributed by atoms with van der Waals surface area (Å²) in [5, 5.41) is 13.2. The minimum atomic E-state index is -0.903. The van der Waals surface area contributed by atoms with E-state index in [0.717, 1.165) is 11.1 Å². The third kappa shape index (κ3) is 4.36. The highest BCUT2D eigenvalue weighted by molar-refractivity contribution is 5.79. The largest absolute Gasteiger partial charge is 0.497 e. The van der Waals surface area contributed by atoms with Crippen molar-refractivity contribution in [2.45, 2.75) is 31.8 Å². The quantitative estimate of drug-likeness (QED) is 0.683. The number of likely N-dealkylation sites (tertiary alicyclic amines) is 1. The van der Waals surface area contributed by atoms with Gasteiger partial charge in [0.2, 0.25) is 12.7 Å². The lowest BCUT2D eigenvalue weighted by atomic mass is 9.82. The van der Waals surface area contributed by atoms with Crippen LogP contribution in [0.2, 0.25) is 0 Å². The van der Waals surface area contributed by atoms with Crippen molar-refractivity contribution in [3.8, 4) is 17.2 Å². The van der Waals surface area contributed by atoms with Gasteiger partial charge in [0.1, 0.15) is 5.75 Å². The van der Waals surface area contributed by atoms with Gasteiger partial charge in [-0.3, -0.25) is 14.5 Å². The smallest absolute Gasteiger partial charge is 0.309 e. The van der Waals surface area contributed by atoms with Gasteiger partial charge in [0, 0.05) is 24.5 Å². The third-order valence-electron chi connectivity index (χ3n) is 5.96. The zero-order chi connectivity index (χ0) is 22.8. The Morgan fingerprint density at radius 1 is 1.12 bits per heavy atom. The molecule has 4 rings (SSSR count). The summed E-state index contributed by atoms with van der Waals surface area (Å²) in [6.45, 7) is 4.50. The summed E-state index contributed by atoms with van der Waals surface area (Å²) >= 11 is 0. The van der Waals surface area contributed by atoms with Gasteiger partial charge >= 0.3 is 5.97 Å². The minimum absolute atomic E-state index is 0.00414. The normalized spacial score (nSPS) is 22.2. The van der Waals surface area contributed by atoms with E-state index in [0.29, 0.717) is 23.8 Å². The Labute approximate surface area is 187 Å². The number of fused-ring (bicyclic) bond motifs is 1. The second kappa shape index (κ2) is 9.08. The van der Waals surface area contributed by atoms with Gasteiger partial charge in [0.05, 0.1) is 19.6 Å². The maximum Gasteiger partial charge on any atom is 0.309 e. The van der Waals surface area contributed by atoms with Crippen molar-refractivity contribution in [3.05, 3.63) is 53.6 Å². The van der Waals surface area contributed by atoms with E-state index in [9.17, 15) is 14.7 Å². The Morgan fingerprint density at radius 2 is 1.81 bits per heavy atom. The monoisotopic (exact) mass is 440 g/mol. The predicted octanol–water partition coefficient (Wildman–Crippen LogP) is 2.79. The number of hydrogen-bond donors (Lipinski definition) is 2. The molecule has 0 aliphatic carbocycles. The van der Waals surface area contributed by atoms with Gasteiger partial charge < -0.3 is 24.6 Å². The van der Waals surface area contributed by atoms with Gasteiger partial charge in [-0.05, 0) is 49.2 Å². The van der Waals surface area contributed by atoms with Crippen LogP contribution < -0.4 is 19.5 Å². The van der Waals surface area contributed by atoms with E-state index < -0.39 is 17.9 Å². The number of methoxy groups -OCH3 is 1. The van der Waals surface area contributed by atoms with Gasteiger partial charge in [-0.15, -0.1) is 0 Å². The summed E-state index contributed by atoms with van der Waals surface area (Å²) in [5.74, 6) is -0.136. The second-order valence-electron chi connectivity index (χ2n) is 8.45. The van der Waals surface area contributed by atoms with Crippen molar-refractivity contribution < 1.29 is 28.9 Å². The minimum Gasteiger partial charge on any atom is -0.497 e. The molecule has 8 heteroatoms. The van der Waals surface area contributed by atoms with E-state index in [2.05, 4.69) is 5.32 Å². The molecule has 1 amide bonds. The van der Waals surface area contributed by atoms with Gasteiger partial charge in [-0.1, -0.05) is 18.2 Å². The molecule has 0 saturated carbocycles. The van der Waals surface area contributed by atoms with Crippen molar-refractivity contribution >= 4 is 11.9 Å². The van der Waals surface area contributed by atoms with Crippen LogP contribution >= 0.6 is 0 Å². The van der Waals surface area contributed by atoms with Crippen molar-refractivity contribution in [1.29, 1.82) is 0 Å². The van der Waals surface area contributed by atoms with Crippen molar-refractivity contribution in [2.24, 2.45) is 5.92 Å². The lowest BCUT2D eigenvalue weighted by Gasteiger charge is -2.27. The first-order valence-electron chi connectivity index (χ1n) is 10.7. The lowest BCUT2D eigenvalue weighted by molar-refractivity contribution is -0.143. The molecule has 0 radical (unpaired) electrons. The highest BCUT2D eigenvalue weighted by Gasteiger charge is 2.48. The number of rotatable bonds is 7. The fourth-order valence-electron chi connectivity index (χ4n) is 4.62. The Hall–Kier alpha value is -3.26. The number of aliphatic carboxylic acids is 1. The molecular formula is C24H28N2O6. The van der Waals surface area contributed by atoms with Crippen LogP contribution in [-0.2, 0) is 9.59 Å². The van der Waals surface area contributed by atoms with Crippen LogP contribution in [0.5, 0.6) is 17.2 Å². The summed E-state index contributed by atoms with van der Waals surface area (Å²) in [7, 11) is 1.59. The van der Waals surface area contributed by atoms with Crippen LogP contribution in [0.15, 0.2) is 42.5 Å². The van der Waals surface area contributed by atoms with Gasteiger partial charge in [-0.25, -0.2) is 0 Å². The molecule has 3 atom stereocenters. The number of carboxylic acids is 1. The number of benzene rings is 2. The Bertz CT molecular complexity index is 990. The molecule has 1 saturated heterocycles. The molecule has 0 unspecified atom stereocenters. The van der Waals surface area contributed by atoms with E-state index in [4.69, 9.17) is 14.2 Å². The van der Waals surface area contributed by atoms with E-state index >= 15 is 0 Å². The molecule has 2 aliphatic rings. The van der Waals surface area contributed by atoms with E-state index in [1.54, 1.807) is 7.11 Å². The number of carbonyl (C=O) groups is 2. The summed E-state index contributed by atoms with van der Waals surface area (Å²) in [6, 6.07) is 12.5. The first-order valence-corrected chi connectivity index (χ1v) is 10.7. The molecule has 0 bridgehead atoms. The molecule has 2 aromatic rings. The summed E-state index contributed by atoms with van der Waals surface area (Å²) in [4.78, 5) is 27.1. The molecule has 0 spiro atoms. The average molecular weight is 440 g/mol. The maximum absolute atomic E-state index is 12.6. The molecule has 2 heterocycles. The number of hydrogen-bond acceptors (Lipinski definition) is 6. The first-order chi connectivity index (χ1) is 15.4. The van der Waals surface area contributed by atoms with Gasteiger partial charge in [-0.2, -0.15) is 0 Å². The van der Waals surface area contributed by atoms with Crippen LogP contribution in [0.4, 0.5) is 0 Å². The SMILES string of the molecule is COc1ccc([C@@H]2[C@@H](C(=O)O)[C@@H](c3ccc4c(c3)OCO4)CN2CC(=O)NC(C)C)cc1. The molecule has 2 aromatic carbocycles. The lowest BCUT2D eigenvalue weighted by Crippen LogP contribution is -2.40. The molecule has 1 fully saturated rings. The fourth-order valence-corrected chi connectivity index (χ4v) is 4.62. The van der Waals surface area contributed by atoms with Crippen LogP contribution in [-0.4, -0.2) is 54.9 Å². The fraction of sp³-hybridized carbons (Fsp3) is 0.417. The highest BCUT2D eigenvalue weighted by atomic mass is 16.7. The Kier molecular flexibility index (Phi) is 6.23. The third-order valence-corrected chi connectivity index (χ3v) is 5.96. The molecular weight excluding hydrogens is 412 g/mol. The molecule has 2 N–H and O–H groups in total. The first kappa shape index (κ1) is 22.0. The standard InChI is InChI=1S/C24H28N2O6/c1-14(2)25-21(27)12-26-11-18(16-6-9-19-20(10-16)32-13-31-19)22(24(28)29)23(26)15-4-7-17(30-3)8-5-15/h4-10,14,18,22-23H,11-13H2,1-3H3,(H,25,27)(H,28,29)/t18-,22+,23-/m1/s1. The number of nitrogens with zero attached hydrogens (tertiary/aromatic N) is 1. The predicted molar refractivity (Wildman–Crippen MR) is 117 cm³/mol. The van der Waals surface area contributed by atoms with Crippen LogP contribution in [0.1, 0.15) is 36.9 Å². The number of nitrogens with one attached hydrogen (secondary N) is 1. The molecule has 0 aromatic heterocycles. The molecule has 32 heavy (non-hydrogen) atoms. The number of amides is 1. The Morgan fingerprint density at radius 3 is 2.47 bits per heavy atom. The molecule has 2 aliphatic heterocycles. The average Bonchev–Trinajstić information content (AvgIpc) is 3.37. The number of carboxylic acid groups (broad SMARTS) is 1. The van der Waals surface area contributed by atoms with Gasteiger partial charge in [0.25, 0.3) is 0 Å². The van der Waals surface area contributed by atoms with Crippen LogP contribution in [0.25, 0.3) is 0 Å². The van der Waals surface area contributed by atoms with Crippen LogP contribution in [0, 0.1) is 5.92 Å². The zero-order valence-corrected chi connectivity index (χ0v) is 18.4. The maximum atomic E-state index is 12.6. The van der Waals surface area contributed by atoms with E-state index in [-0.39, 0.29) is 31.2 Å². The van der Waals surface area contributed by atoms with Crippen molar-refractivity contribution in [3.63, 3.8) is 0 Å². The molecule has 170 valence electrons. The summed E-state index contributed by atoms with van der Waals surface area (Å²) < 4.78 is 16.2. The van der Waals surface area contributed by atoms with Crippen LogP contribution in [0.3, 0.4) is 0 Å². The number of carbonyl (C=O) groups excluding carboxylic acids is 1. The van der Waals surface area contributed by atoms with Gasteiger partial charge in [0.15, 0.2) is 11.5 Å².